The Morgan fingerprint density at radius 3 is 2.79 bits per heavy atom. The number of methoxy groups -OCH3 is 1. The molecule has 0 fully saturated rings. The van der Waals surface area contributed by atoms with Gasteiger partial charge in [0.1, 0.15) is 0 Å². The average Bonchev–Trinajstić information content (AvgIpc) is 2.18. The summed E-state index contributed by atoms with van der Waals surface area (Å²) in [6.07, 6.45) is -0.898. The van der Waals surface area contributed by atoms with Gasteiger partial charge in [-0.3, -0.25) is 4.79 Å². The third-order valence-corrected chi connectivity index (χ3v) is 2.29. The monoisotopic (exact) mass is 212 g/mol. The molecule has 0 unspecified atom stereocenters. The van der Waals surface area contributed by atoms with Gasteiger partial charge in [0.05, 0.1) is 19.6 Å². The van der Waals surface area contributed by atoms with Crippen molar-refractivity contribution in [2.24, 2.45) is 0 Å². The van der Waals surface area contributed by atoms with Crippen LogP contribution in [-0.4, -0.2) is 18.2 Å². The number of thiol groups is 1. The Bertz CT molecular complexity index is 325. The van der Waals surface area contributed by atoms with E-state index in [1.165, 1.54) is 7.11 Å². The van der Waals surface area contributed by atoms with Gasteiger partial charge in [-0.1, -0.05) is 18.2 Å². The molecule has 0 aliphatic rings. The van der Waals surface area contributed by atoms with Crippen molar-refractivity contribution in [1.29, 1.82) is 0 Å². The van der Waals surface area contributed by atoms with Crippen molar-refractivity contribution in [1.82, 2.24) is 0 Å². The second-order valence-corrected chi connectivity index (χ2v) is 3.34. The number of hydrogen-bond donors (Lipinski definition) is 2. The summed E-state index contributed by atoms with van der Waals surface area (Å²) in [5.41, 5.74) is 0.640. The molecule has 3 nitrogen and oxygen atoms in total. The highest BCUT2D eigenvalue weighted by Crippen LogP contribution is 2.23. The Morgan fingerprint density at radius 1 is 1.57 bits per heavy atom. The molecule has 14 heavy (non-hydrogen) atoms. The zero-order chi connectivity index (χ0) is 10.6. The Labute approximate surface area is 88.1 Å². The number of aliphatic hydroxyl groups is 1. The van der Waals surface area contributed by atoms with Gasteiger partial charge in [-0.25, -0.2) is 0 Å². The molecule has 0 bridgehead atoms. The van der Waals surface area contributed by atoms with Gasteiger partial charge >= 0.3 is 5.97 Å². The molecule has 1 aromatic rings. The molecule has 0 saturated heterocycles. The highest BCUT2D eigenvalue weighted by Gasteiger charge is 2.14. The van der Waals surface area contributed by atoms with Gasteiger partial charge in [0, 0.05) is 4.90 Å². The van der Waals surface area contributed by atoms with E-state index in [2.05, 4.69) is 17.4 Å². The summed E-state index contributed by atoms with van der Waals surface area (Å²) >= 11 is 4.18. The first kappa shape index (κ1) is 11.1. The second-order valence-electron chi connectivity index (χ2n) is 2.85. The molecule has 0 heterocycles. The average molecular weight is 212 g/mol. The third-order valence-electron chi connectivity index (χ3n) is 1.88. The molecule has 0 aliphatic carbocycles. The number of rotatable bonds is 3. The van der Waals surface area contributed by atoms with Crippen LogP contribution in [0.4, 0.5) is 0 Å². The molecule has 0 saturated carbocycles. The minimum atomic E-state index is -0.851. The van der Waals surface area contributed by atoms with Crippen LogP contribution in [0.3, 0.4) is 0 Å². The molecule has 1 aromatic carbocycles. The zero-order valence-electron chi connectivity index (χ0n) is 7.80. The molecule has 0 spiro atoms. The van der Waals surface area contributed by atoms with E-state index in [4.69, 9.17) is 0 Å². The summed E-state index contributed by atoms with van der Waals surface area (Å²) in [5.74, 6) is -0.436. The summed E-state index contributed by atoms with van der Waals surface area (Å²) in [6, 6.07) is 7.10. The van der Waals surface area contributed by atoms with E-state index < -0.39 is 12.1 Å². The zero-order valence-corrected chi connectivity index (χ0v) is 8.70. The highest BCUT2D eigenvalue weighted by molar-refractivity contribution is 7.80. The van der Waals surface area contributed by atoms with E-state index in [-0.39, 0.29) is 6.42 Å². The normalized spacial score (nSPS) is 12.2. The van der Waals surface area contributed by atoms with E-state index in [0.29, 0.717) is 10.5 Å². The summed E-state index contributed by atoms with van der Waals surface area (Å²) in [6.45, 7) is 0. The van der Waals surface area contributed by atoms with Gasteiger partial charge in [0.15, 0.2) is 0 Å². The van der Waals surface area contributed by atoms with Crippen LogP contribution in [0.15, 0.2) is 29.2 Å². The molecule has 0 radical (unpaired) electrons. The quantitative estimate of drug-likeness (QED) is 0.590. The van der Waals surface area contributed by atoms with Crippen molar-refractivity contribution in [2.75, 3.05) is 7.11 Å². The van der Waals surface area contributed by atoms with E-state index in [9.17, 15) is 9.90 Å². The summed E-state index contributed by atoms with van der Waals surface area (Å²) in [4.78, 5) is 11.6. The van der Waals surface area contributed by atoms with Crippen LogP contribution in [0.25, 0.3) is 0 Å². The van der Waals surface area contributed by atoms with Gasteiger partial charge < -0.3 is 9.84 Å². The number of carbonyl (C=O) groups excluding carboxylic acids is 1. The van der Waals surface area contributed by atoms with Gasteiger partial charge in [0.25, 0.3) is 0 Å². The summed E-state index contributed by atoms with van der Waals surface area (Å²) in [5, 5.41) is 9.65. The molecule has 4 heteroatoms. The van der Waals surface area contributed by atoms with E-state index in [1.807, 2.05) is 6.07 Å². The minimum absolute atomic E-state index is 0.0475. The number of esters is 1. The predicted molar refractivity (Wildman–Crippen MR) is 55.3 cm³/mol. The van der Waals surface area contributed by atoms with E-state index >= 15 is 0 Å². The second kappa shape index (κ2) is 5.02. The van der Waals surface area contributed by atoms with Gasteiger partial charge in [0.2, 0.25) is 0 Å². The summed E-state index contributed by atoms with van der Waals surface area (Å²) in [7, 11) is 1.29. The molecule has 76 valence electrons. The van der Waals surface area contributed by atoms with Crippen molar-refractivity contribution < 1.29 is 14.6 Å². The molecular weight excluding hydrogens is 200 g/mol. The van der Waals surface area contributed by atoms with Crippen molar-refractivity contribution >= 4 is 18.6 Å². The maximum atomic E-state index is 10.9. The number of hydrogen-bond acceptors (Lipinski definition) is 4. The minimum Gasteiger partial charge on any atom is -0.469 e. The topological polar surface area (TPSA) is 46.5 Å². The largest absolute Gasteiger partial charge is 0.469 e. The van der Waals surface area contributed by atoms with Crippen molar-refractivity contribution in [3.63, 3.8) is 0 Å². The van der Waals surface area contributed by atoms with Gasteiger partial charge in [-0.15, -0.1) is 12.6 Å². The number of aliphatic hydroxyl groups excluding tert-OH is 1. The fraction of sp³-hybridized carbons (Fsp3) is 0.300. The summed E-state index contributed by atoms with van der Waals surface area (Å²) < 4.78 is 4.46. The lowest BCUT2D eigenvalue weighted by Crippen LogP contribution is -2.08. The molecule has 1 N–H and O–H groups in total. The number of ether oxygens (including phenoxy) is 1. The number of carbonyl (C=O) groups is 1. The molecule has 0 amide bonds. The first-order chi connectivity index (χ1) is 6.65. The van der Waals surface area contributed by atoms with Crippen LogP contribution < -0.4 is 0 Å². The van der Waals surface area contributed by atoms with E-state index in [0.717, 1.165) is 0 Å². The number of benzene rings is 1. The van der Waals surface area contributed by atoms with Crippen LogP contribution in [0.2, 0.25) is 0 Å². The van der Waals surface area contributed by atoms with Crippen LogP contribution >= 0.6 is 12.6 Å². The first-order valence-corrected chi connectivity index (χ1v) is 4.62. The lowest BCUT2D eigenvalue weighted by Gasteiger charge is -2.11. The Morgan fingerprint density at radius 2 is 2.21 bits per heavy atom. The maximum absolute atomic E-state index is 10.9. The molecular formula is C10H12O3S. The standard InChI is InChI=1S/C10H12O3S/c1-13-10(12)6-8(11)7-4-2-3-5-9(7)14/h2-5,8,11,14H,6H2,1H3/t8-/m0/s1. The van der Waals surface area contributed by atoms with Crippen LogP contribution in [0, 0.1) is 0 Å². The maximum Gasteiger partial charge on any atom is 0.308 e. The first-order valence-electron chi connectivity index (χ1n) is 4.18. The van der Waals surface area contributed by atoms with Crippen LogP contribution in [-0.2, 0) is 9.53 Å². The lowest BCUT2D eigenvalue weighted by molar-refractivity contribution is -0.142. The van der Waals surface area contributed by atoms with Gasteiger partial charge in [-0.05, 0) is 11.6 Å². The van der Waals surface area contributed by atoms with Crippen LogP contribution in [0.5, 0.6) is 0 Å². The smallest absolute Gasteiger partial charge is 0.308 e. The fourth-order valence-electron chi connectivity index (χ4n) is 1.12. The molecule has 0 aromatic heterocycles. The SMILES string of the molecule is COC(=O)C[C@H](O)c1ccccc1S. The molecule has 0 aliphatic heterocycles. The van der Waals surface area contributed by atoms with Crippen molar-refractivity contribution in [3.05, 3.63) is 29.8 Å². The van der Waals surface area contributed by atoms with Crippen molar-refractivity contribution in [3.8, 4) is 0 Å². The van der Waals surface area contributed by atoms with Gasteiger partial charge in [-0.2, -0.15) is 0 Å². The molecule has 1 atom stereocenters. The van der Waals surface area contributed by atoms with E-state index in [1.54, 1.807) is 18.2 Å². The Balaban J connectivity index is 2.74. The van der Waals surface area contributed by atoms with Crippen molar-refractivity contribution in [2.45, 2.75) is 17.4 Å². The van der Waals surface area contributed by atoms with Crippen LogP contribution in [0.1, 0.15) is 18.1 Å². The fourth-order valence-corrected chi connectivity index (χ4v) is 1.43. The third kappa shape index (κ3) is 2.75. The molecule has 1 rings (SSSR count). The predicted octanol–water partition coefficient (Wildman–Crippen LogP) is 1.57. The Kier molecular flexibility index (Phi) is 3.98. The lowest BCUT2D eigenvalue weighted by atomic mass is 10.1. The highest BCUT2D eigenvalue weighted by atomic mass is 32.1. The Hall–Kier alpha value is -1.00.